The maximum atomic E-state index is 12.7. The number of carbonyl (C=O) groups is 2. The topological polar surface area (TPSA) is 71.1 Å². The van der Waals surface area contributed by atoms with Crippen molar-refractivity contribution >= 4 is 22.7 Å². The molecule has 0 bridgehead atoms. The highest BCUT2D eigenvalue weighted by Crippen LogP contribution is 2.26. The van der Waals surface area contributed by atoms with Gasteiger partial charge in [-0.3, -0.25) is 4.79 Å². The highest BCUT2D eigenvalue weighted by molar-refractivity contribution is 5.92. The van der Waals surface area contributed by atoms with Crippen LogP contribution in [-0.2, 0) is 9.53 Å². The van der Waals surface area contributed by atoms with Crippen LogP contribution in [0.3, 0.4) is 0 Å². The summed E-state index contributed by atoms with van der Waals surface area (Å²) < 4.78 is 22.4. The summed E-state index contributed by atoms with van der Waals surface area (Å²) in [6, 6.07) is 17.8. The van der Waals surface area contributed by atoms with E-state index >= 15 is 0 Å². The van der Waals surface area contributed by atoms with E-state index in [2.05, 4.69) is 6.92 Å². The molecule has 0 heterocycles. The second-order valence-electron chi connectivity index (χ2n) is 10.3. The Bertz CT molecular complexity index is 1190. The van der Waals surface area contributed by atoms with E-state index in [9.17, 15) is 9.59 Å². The van der Waals surface area contributed by atoms with Crippen molar-refractivity contribution in [3.05, 3.63) is 66.2 Å². The van der Waals surface area contributed by atoms with Crippen molar-refractivity contribution in [2.24, 2.45) is 5.92 Å². The van der Waals surface area contributed by atoms with Gasteiger partial charge in [-0.05, 0) is 79.1 Å². The van der Waals surface area contributed by atoms with E-state index in [1.807, 2.05) is 19.1 Å². The summed E-state index contributed by atoms with van der Waals surface area (Å²) in [5, 5.41) is 1.74. The van der Waals surface area contributed by atoms with Gasteiger partial charge in [-0.15, -0.1) is 0 Å². The molecular weight excluding hydrogens is 504 g/mol. The number of hydrogen-bond acceptors (Lipinski definition) is 6. The summed E-state index contributed by atoms with van der Waals surface area (Å²) in [5.74, 6) is 0.557. The molecule has 1 atom stereocenters. The van der Waals surface area contributed by atoms with Crippen LogP contribution in [0.25, 0.3) is 10.8 Å². The zero-order chi connectivity index (χ0) is 28.6. The summed E-state index contributed by atoms with van der Waals surface area (Å²) >= 11 is 0. The lowest BCUT2D eigenvalue weighted by atomic mass is 10.1. The lowest BCUT2D eigenvalue weighted by Gasteiger charge is -2.12. The van der Waals surface area contributed by atoms with Gasteiger partial charge in [-0.2, -0.15) is 0 Å². The smallest absolute Gasteiger partial charge is 0.343 e. The fourth-order valence-electron chi connectivity index (χ4n) is 4.30. The maximum Gasteiger partial charge on any atom is 0.343 e. The van der Waals surface area contributed by atoms with Gasteiger partial charge in [0.1, 0.15) is 17.2 Å². The minimum atomic E-state index is -0.432. The molecule has 0 unspecified atom stereocenters. The van der Waals surface area contributed by atoms with Crippen LogP contribution in [0.5, 0.6) is 17.2 Å². The lowest BCUT2D eigenvalue weighted by molar-refractivity contribution is -0.140. The van der Waals surface area contributed by atoms with E-state index in [4.69, 9.17) is 18.9 Å². The van der Waals surface area contributed by atoms with E-state index in [0.717, 1.165) is 29.4 Å². The first-order chi connectivity index (χ1) is 19.5. The normalized spacial score (nSPS) is 11.8. The van der Waals surface area contributed by atoms with Gasteiger partial charge in [0.2, 0.25) is 0 Å². The van der Waals surface area contributed by atoms with Gasteiger partial charge in [0.15, 0.2) is 0 Å². The molecule has 40 heavy (non-hydrogen) atoms. The van der Waals surface area contributed by atoms with Gasteiger partial charge in [-0.1, -0.05) is 70.9 Å². The fraction of sp³-hybridized carbons (Fsp3) is 0.471. The van der Waals surface area contributed by atoms with Crippen molar-refractivity contribution < 1.29 is 28.5 Å². The minimum Gasteiger partial charge on any atom is -0.494 e. The van der Waals surface area contributed by atoms with Crippen LogP contribution in [0, 0.1) is 5.92 Å². The number of fused-ring (bicyclic) bond motifs is 1. The molecule has 0 saturated carbocycles. The van der Waals surface area contributed by atoms with Crippen molar-refractivity contribution in [2.45, 2.75) is 78.6 Å². The minimum absolute atomic E-state index is 0.328. The van der Waals surface area contributed by atoms with Gasteiger partial charge in [-0.25, -0.2) is 4.79 Å². The highest BCUT2D eigenvalue weighted by Gasteiger charge is 2.16. The highest BCUT2D eigenvalue weighted by atomic mass is 16.5. The Balaban J connectivity index is 1.44. The summed E-state index contributed by atoms with van der Waals surface area (Å²) in [6.45, 7) is 7.70. The number of rotatable bonds is 18. The average Bonchev–Trinajstić information content (AvgIpc) is 2.96. The Labute approximate surface area is 239 Å². The third-order valence-electron chi connectivity index (χ3n) is 6.69. The van der Waals surface area contributed by atoms with Crippen molar-refractivity contribution in [2.75, 3.05) is 19.8 Å². The molecule has 0 aliphatic heterocycles. The first kappa shape index (κ1) is 31.2. The molecule has 3 aromatic carbocycles. The summed E-state index contributed by atoms with van der Waals surface area (Å²) in [7, 11) is 0. The summed E-state index contributed by atoms with van der Waals surface area (Å²) in [6.07, 6.45) is 11.0. The largest absolute Gasteiger partial charge is 0.494 e. The molecular formula is C34H44O6. The van der Waals surface area contributed by atoms with Gasteiger partial charge < -0.3 is 18.9 Å². The van der Waals surface area contributed by atoms with Crippen LogP contribution < -0.4 is 14.2 Å². The maximum absolute atomic E-state index is 12.7. The van der Waals surface area contributed by atoms with Crippen LogP contribution in [0.15, 0.2) is 60.7 Å². The molecule has 6 heteroatoms. The molecule has 0 amide bonds. The van der Waals surface area contributed by atoms with Crippen LogP contribution in [-0.4, -0.2) is 31.8 Å². The molecule has 216 valence electrons. The Hall–Kier alpha value is -3.38. The lowest BCUT2D eigenvalue weighted by Crippen LogP contribution is -2.22. The van der Waals surface area contributed by atoms with Crippen molar-refractivity contribution in [3.63, 3.8) is 0 Å². The van der Waals surface area contributed by atoms with Gasteiger partial charge in [0, 0.05) is 6.61 Å². The van der Waals surface area contributed by atoms with Gasteiger partial charge >= 0.3 is 11.9 Å². The predicted octanol–water partition coefficient (Wildman–Crippen LogP) is 8.55. The quantitative estimate of drug-likeness (QED) is 0.0901. The third-order valence-corrected chi connectivity index (χ3v) is 6.69. The molecule has 0 N–H and O–H groups in total. The predicted molar refractivity (Wildman–Crippen MR) is 159 cm³/mol. The Kier molecular flexibility index (Phi) is 13.5. The Morgan fingerprint density at radius 3 is 1.85 bits per heavy atom. The standard InChI is InChI=1S/C34H44O6/c1-4-6-7-8-9-10-11-12-22-38-30-17-13-27(14-18-30)34(36)40-32-20-16-28-23-31(19-15-29(28)24-32)39-33(35)26(3)25-37-21-5-2/h13-20,23-24,26H,4-12,21-22,25H2,1-3H3/t26-/m1/s1. The molecule has 0 radical (unpaired) electrons. The molecule has 0 spiro atoms. The molecule has 0 aliphatic rings. The number of hydrogen-bond donors (Lipinski definition) is 0. The second kappa shape index (κ2) is 17.3. The number of ether oxygens (including phenoxy) is 4. The SMILES string of the molecule is CCCCCCCCCCOc1ccc(C(=O)Oc2ccc3cc(OC(=O)[C@H](C)COCCC)ccc3c2)cc1. The van der Waals surface area contributed by atoms with Crippen molar-refractivity contribution in [3.8, 4) is 17.2 Å². The molecule has 0 saturated heterocycles. The van der Waals surface area contributed by atoms with Crippen LogP contribution in [0.2, 0.25) is 0 Å². The van der Waals surface area contributed by atoms with Crippen LogP contribution in [0.4, 0.5) is 0 Å². The number of carbonyl (C=O) groups excluding carboxylic acids is 2. The summed E-state index contributed by atoms with van der Waals surface area (Å²) in [4.78, 5) is 25.0. The second-order valence-corrected chi connectivity index (χ2v) is 10.3. The van der Waals surface area contributed by atoms with Crippen molar-refractivity contribution in [1.29, 1.82) is 0 Å². The molecule has 6 nitrogen and oxygen atoms in total. The summed E-state index contributed by atoms with van der Waals surface area (Å²) in [5.41, 5.74) is 0.457. The Morgan fingerprint density at radius 1 is 0.650 bits per heavy atom. The average molecular weight is 549 g/mol. The monoisotopic (exact) mass is 548 g/mol. The van der Waals surface area contributed by atoms with E-state index in [0.29, 0.717) is 36.9 Å². The van der Waals surface area contributed by atoms with Gasteiger partial charge in [0.25, 0.3) is 0 Å². The first-order valence-electron chi connectivity index (χ1n) is 14.8. The Morgan fingerprint density at radius 2 is 1.23 bits per heavy atom. The zero-order valence-corrected chi connectivity index (χ0v) is 24.3. The number of benzene rings is 3. The van der Waals surface area contributed by atoms with E-state index in [1.54, 1.807) is 55.5 Å². The van der Waals surface area contributed by atoms with Crippen molar-refractivity contribution in [1.82, 2.24) is 0 Å². The van der Waals surface area contributed by atoms with E-state index < -0.39 is 5.97 Å². The fourth-order valence-corrected chi connectivity index (χ4v) is 4.30. The number of esters is 2. The van der Waals surface area contributed by atoms with Gasteiger partial charge in [0.05, 0.1) is 24.7 Å². The number of unbranched alkanes of at least 4 members (excludes halogenated alkanes) is 7. The third kappa shape index (κ3) is 10.6. The van der Waals surface area contributed by atoms with E-state index in [-0.39, 0.29) is 11.9 Å². The van der Waals surface area contributed by atoms with Crippen LogP contribution in [0.1, 0.15) is 88.9 Å². The molecule has 0 fully saturated rings. The molecule has 3 aromatic rings. The molecule has 0 aliphatic carbocycles. The first-order valence-corrected chi connectivity index (χ1v) is 14.8. The zero-order valence-electron chi connectivity index (χ0n) is 24.3. The molecule has 3 rings (SSSR count). The van der Waals surface area contributed by atoms with Crippen LogP contribution >= 0.6 is 0 Å². The van der Waals surface area contributed by atoms with E-state index in [1.165, 1.54) is 44.9 Å². The molecule has 0 aromatic heterocycles.